The number of hydrogen-bond donors (Lipinski definition) is 2. The number of hydrogen-bond acceptors (Lipinski definition) is 3. The summed E-state index contributed by atoms with van der Waals surface area (Å²) in [5.74, 6) is -1.11. The SMILES string of the molecule is O=C(CCC(=O)Nc1ccc(F)cc1)NN=Cc1cccc(Cl)c1. The molecule has 5 nitrogen and oxygen atoms in total. The molecule has 2 amide bonds. The number of carbonyl (C=O) groups excluding carboxylic acids is 2. The lowest BCUT2D eigenvalue weighted by atomic mass is 10.2. The first-order valence-electron chi connectivity index (χ1n) is 7.16. The number of rotatable bonds is 6. The van der Waals surface area contributed by atoms with Crippen molar-refractivity contribution in [3.8, 4) is 0 Å². The summed E-state index contributed by atoms with van der Waals surface area (Å²) >= 11 is 5.83. The molecular weight excluding hydrogens is 333 g/mol. The van der Waals surface area contributed by atoms with Crippen LogP contribution in [0.5, 0.6) is 0 Å². The molecule has 7 heteroatoms. The van der Waals surface area contributed by atoms with Gasteiger partial charge < -0.3 is 5.32 Å². The highest BCUT2D eigenvalue weighted by Crippen LogP contribution is 2.09. The van der Waals surface area contributed by atoms with Crippen molar-refractivity contribution >= 4 is 35.3 Å². The summed E-state index contributed by atoms with van der Waals surface area (Å²) in [5.41, 5.74) is 3.56. The van der Waals surface area contributed by atoms with Crippen LogP contribution in [0.2, 0.25) is 5.02 Å². The summed E-state index contributed by atoms with van der Waals surface area (Å²) in [6.45, 7) is 0. The molecule has 0 fully saturated rings. The van der Waals surface area contributed by atoms with Crippen molar-refractivity contribution in [2.75, 3.05) is 5.32 Å². The molecule has 0 saturated carbocycles. The maximum absolute atomic E-state index is 12.8. The topological polar surface area (TPSA) is 70.6 Å². The molecule has 2 N–H and O–H groups in total. The fourth-order valence-corrected chi connectivity index (χ4v) is 2.00. The van der Waals surface area contributed by atoms with Gasteiger partial charge in [-0.3, -0.25) is 9.59 Å². The number of amides is 2. The maximum Gasteiger partial charge on any atom is 0.240 e. The van der Waals surface area contributed by atoms with Crippen LogP contribution in [-0.4, -0.2) is 18.0 Å². The van der Waals surface area contributed by atoms with Gasteiger partial charge in [0.1, 0.15) is 5.82 Å². The van der Waals surface area contributed by atoms with Gasteiger partial charge in [0.2, 0.25) is 11.8 Å². The Morgan fingerprint density at radius 1 is 1.08 bits per heavy atom. The van der Waals surface area contributed by atoms with Crippen LogP contribution < -0.4 is 10.7 Å². The quantitative estimate of drug-likeness (QED) is 0.621. The Bertz CT molecular complexity index is 748. The van der Waals surface area contributed by atoms with Crippen LogP contribution in [0.4, 0.5) is 10.1 Å². The van der Waals surface area contributed by atoms with E-state index in [1.807, 2.05) is 0 Å². The van der Waals surface area contributed by atoms with Gasteiger partial charge in [-0.2, -0.15) is 5.10 Å². The van der Waals surface area contributed by atoms with E-state index in [-0.39, 0.29) is 30.5 Å². The maximum atomic E-state index is 12.8. The van der Waals surface area contributed by atoms with Gasteiger partial charge in [0.05, 0.1) is 6.21 Å². The number of halogens is 2. The monoisotopic (exact) mass is 347 g/mol. The van der Waals surface area contributed by atoms with Gasteiger partial charge in [-0.15, -0.1) is 0 Å². The smallest absolute Gasteiger partial charge is 0.240 e. The van der Waals surface area contributed by atoms with Gasteiger partial charge in [0.25, 0.3) is 0 Å². The second kappa shape index (κ2) is 8.79. The number of nitrogens with zero attached hydrogens (tertiary/aromatic N) is 1. The molecule has 0 atom stereocenters. The Kier molecular flexibility index (Phi) is 6.45. The molecule has 0 unspecified atom stereocenters. The lowest BCUT2D eigenvalue weighted by Gasteiger charge is -2.04. The second-order valence-electron chi connectivity index (χ2n) is 4.90. The van der Waals surface area contributed by atoms with Crippen molar-refractivity contribution in [3.63, 3.8) is 0 Å². The van der Waals surface area contributed by atoms with Crippen LogP contribution in [-0.2, 0) is 9.59 Å². The summed E-state index contributed by atoms with van der Waals surface area (Å²) in [7, 11) is 0. The molecule has 2 aromatic rings. The third-order valence-electron chi connectivity index (χ3n) is 2.96. The summed E-state index contributed by atoms with van der Waals surface area (Å²) in [5, 5.41) is 6.94. The zero-order chi connectivity index (χ0) is 17.4. The predicted octanol–water partition coefficient (Wildman–Crippen LogP) is 3.35. The summed E-state index contributed by atoms with van der Waals surface area (Å²) in [6, 6.07) is 12.4. The van der Waals surface area contributed by atoms with Crippen molar-refractivity contribution in [2.45, 2.75) is 12.8 Å². The standard InChI is InChI=1S/C17H15ClFN3O2/c18-13-3-1-2-12(10-13)11-20-22-17(24)9-8-16(23)21-15-6-4-14(19)5-7-15/h1-7,10-11H,8-9H2,(H,21,23)(H,22,24). The van der Waals surface area contributed by atoms with E-state index in [4.69, 9.17) is 11.6 Å². The first kappa shape index (κ1) is 17.6. The van der Waals surface area contributed by atoms with Crippen LogP contribution >= 0.6 is 11.6 Å². The molecular formula is C17H15ClFN3O2. The van der Waals surface area contributed by atoms with Crippen molar-refractivity contribution in [3.05, 3.63) is 64.9 Å². The number of nitrogens with one attached hydrogen (secondary N) is 2. The lowest BCUT2D eigenvalue weighted by Crippen LogP contribution is -2.20. The van der Waals surface area contributed by atoms with Crippen molar-refractivity contribution in [1.82, 2.24) is 5.43 Å². The van der Waals surface area contributed by atoms with E-state index >= 15 is 0 Å². The molecule has 0 saturated heterocycles. The molecule has 0 aromatic heterocycles. The molecule has 0 bridgehead atoms. The van der Waals surface area contributed by atoms with E-state index in [1.54, 1.807) is 24.3 Å². The third-order valence-corrected chi connectivity index (χ3v) is 3.19. The normalized spacial score (nSPS) is 10.6. The fraction of sp³-hybridized carbons (Fsp3) is 0.118. The molecule has 2 rings (SSSR count). The molecule has 0 aliphatic rings. The van der Waals surface area contributed by atoms with Gasteiger partial charge in [-0.1, -0.05) is 23.7 Å². The molecule has 0 heterocycles. The molecule has 0 aliphatic carbocycles. The Balaban J connectivity index is 1.72. The van der Waals surface area contributed by atoms with Crippen LogP contribution in [0.15, 0.2) is 53.6 Å². The highest BCUT2D eigenvalue weighted by molar-refractivity contribution is 6.30. The summed E-state index contributed by atoms with van der Waals surface area (Å²) < 4.78 is 12.8. The minimum Gasteiger partial charge on any atom is -0.326 e. The van der Waals surface area contributed by atoms with Gasteiger partial charge in [0.15, 0.2) is 0 Å². The van der Waals surface area contributed by atoms with E-state index in [1.165, 1.54) is 30.5 Å². The minimum atomic E-state index is -0.387. The zero-order valence-corrected chi connectivity index (χ0v) is 13.4. The Morgan fingerprint density at radius 2 is 1.79 bits per heavy atom. The molecule has 0 aliphatic heterocycles. The largest absolute Gasteiger partial charge is 0.326 e. The third kappa shape index (κ3) is 6.18. The molecule has 124 valence electrons. The molecule has 0 radical (unpaired) electrons. The first-order valence-corrected chi connectivity index (χ1v) is 7.53. The van der Waals surface area contributed by atoms with E-state index in [0.29, 0.717) is 10.7 Å². The summed E-state index contributed by atoms with van der Waals surface area (Å²) in [6.07, 6.45) is 1.44. The fourth-order valence-electron chi connectivity index (χ4n) is 1.81. The van der Waals surface area contributed by atoms with Crippen molar-refractivity contribution in [1.29, 1.82) is 0 Å². The number of hydrazone groups is 1. The van der Waals surface area contributed by atoms with Crippen LogP contribution in [0.25, 0.3) is 0 Å². The number of carbonyl (C=O) groups is 2. The predicted molar refractivity (Wildman–Crippen MR) is 91.5 cm³/mol. The number of benzene rings is 2. The zero-order valence-electron chi connectivity index (χ0n) is 12.6. The van der Waals surface area contributed by atoms with Crippen LogP contribution in [0.1, 0.15) is 18.4 Å². The van der Waals surface area contributed by atoms with Gasteiger partial charge in [0, 0.05) is 23.6 Å². The highest BCUT2D eigenvalue weighted by atomic mass is 35.5. The Morgan fingerprint density at radius 3 is 2.50 bits per heavy atom. The average Bonchev–Trinajstić information content (AvgIpc) is 2.55. The van der Waals surface area contributed by atoms with Gasteiger partial charge >= 0.3 is 0 Å². The van der Waals surface area contributed by atoms with Gasteiger partial charge in [-0.05, 0) is 42.0 Å². The van der Waals surface area contributed by atoms with Crippen molar-refractivity contribution < 1.29 is 14.0 Å². The Labute approximate surface area is 143 Å². The van der Waals surface area contributed by atoms with Crippen molar-refractivity contribution in [2.24, 2.45) is 5.10 Å². The Hall–Kier alpha value is -2.73. The molecule has 2 aromatic carbocycles. The average molecular weight is 348 g/mol. The summed E-state index contributed by atoms with van der Waals surface area (Å²) in [4.78, 5) is 23.3. The van der Waals surface area contributed by atoms with Gasteiger partial charge in [-0.25, -0.2) is 9.82 Å². The van der Waals surface area contributed by atoms with E-state index in [0.717, 1.165) is 5.56 Å². The first-order chi connectivity index (χ1) is 11.5. The molecule has 0 spiro atoms. The second-order valence-corrected chi connectivity index (χ2v) is 5.34. The van der Waals surface area contributed by atoms with Crippen LogP contribution in [0, 0.1) is 5.82 Å². The number of anilines is 1. The highest BCUT2D eigenvalue weighted by Gasteiger charge is 2.06. The van der Waals surface area contributed by atoms with E-state index in [9.17, 15) is 14.0 Å². The molecule has 24 heavy (non-hydrogen) atoms. The lowest BCUT2D eigenvalue weighted by molar-refractivity contribution is -0.124. The van der Waals surface area contributed by atoms with E-state index < -0.39 is 0 Å². The van der Waals surface area contributed by atoms with E-state index in [2.05, 4.69) is 15.8 Å². The van der Waals surface area contributed by atoms with Crippen LogP contribution in [0.3, 0.4) is 0 Å². The minimum absolute atomic E-state index is 0.00407.